The molecule has 0 saturated heterocycles. The van der Waals surface area contributed by atoms with Crippen molar-refractivity contribution in [1.82, 2.24) is 14.6 Å². The minimum absolute atomic E-state index is 0.0482. The highest BCUT2D eigenvalue weighted by Gasteiger charge is 2.30. The fourth-order valence-electron chi connectivity index (χ4n) is 1.23. The van der Waals surface area contributed by atoms with Gasteiger partial charge in [-0.25, -0.2) is 17.5 Å². The summed E-state index contributed by atoms with van der Waals surface area (Å²) in [5, 5.41) is 5.56. The summed E-state index contributed by atoms with van der Waals surface area (Å²) in [5.41, 5.74) is -1.05. The van der Waals surface area contributed by atoms with Gasteiger partial charge in [-0.15, -0.1) is 16.5 Å². The second-order valence-corrected chi connectivity index (χ2v) is 7.31. The van der Waals surface area contributed by atoms with E-state index in [9.17, 15) is 18.1 Å². The normalized spacial score (nSPS) is 12.3. The van der Waals surface area contributed by atoms with Gasteiger partial charge >= 0.3 is 6.03 Å². The topological polar surface area (TPSA) is 99.2 Å². The number of amides is 2. The Labute approximate surface area is 118 Å². The number of urea groups is 1. The van der Waals surface area contributed by atoms with Gasteiger partial charge in [0.15, 0.2) is 0 Å². The summed E-state index contributed by atoms with van der Waals surface area (Å²) < 4.78 is 24.6. The van der Waals surface area contributed by atoms with Gasteiger partial charge in [-0.05, 0) is 13.8 Å². The molecule has 0 aromatic rings. The van der Waals surface area contributed by atoms with Crippen molar-refractivity contribution in [2.75, 3.05) is 32.3 Å². The number of nitrogens with zero attached hydrogens (tertiary/aromatic N) is 3. The predicted octanol–water partition coefficient (Wildman–Crippen LogP) is 0.588. The maximum absolute atomic E-state index is 11.7. The SMILES string of the molecule is CN(C)S(=O)(=O)CC(C)(C)NC(=O)N(CCCl)N=O. The number of nitrogens with one attached hydrogen (secondary N) is 1. The first-order valence-electron chi connectivity index (χ1n) is 5.45. The molecule has 0 radical (unpaired) electrons. The summed E-state index contributed by atoms with van der Waals surface area (Å²) >= 11 is 5.42. The Morgan fingerprint density at radius 3 is 2.26 bits per heavy atom. The van der Waals surface area contributed by atoms with Crippen LogP contribution in [0.25, 0.3) is 0 Å². The van der Waals surface area contributed by atoms with Crippen LogP contribution in [0, 0.1) is 4.91 Å². The van der Waals surface area contributed by atoms with Crippen LogP contribution >= 0.6 is 11.6 Å². The van der Waals surface area contributed by atoms with Crippen LogP contribution in [0.1, 0.15) is 13.8 Å². The van der Waals surface area contributed by atoms with Crippen molar-refractivity contribution in [3.05, 3.63) is 4.91 Å². The molecule has 0 unspecified atom stereocenters. The number of nitroso groups, excluding NO2 is 1. The molecule has 112 valence electrons. The Morgan fingerprint density at radius 2 is 1.89 bits per heavy atom. The first-order chi connectivity index (χ1) is 8.55. The van der Waals surface area contributed by atoms with E-state index in [1.807, 2.05) is 0 Å². The van der Waals surface area contributed by atoms with E-state index in [0.717, 1.165) is 4.31 Å². The number of halogens is 1. The lowest BCUT2D eigenvalue weighted by atomic mass is 10.1. The average Bonchev–Trinajstić information content (AvgIpc) is 2.22. The van der Waals surface area contributed by atoms with Crippen molar-refractivity contribution < 1.29 is 13.2 Å². The van der Waals surface area contributed by atoms with Crippen molar-refractivity contribution in [1.29, 1.82) is 0 Å². The monoisotopic (exact) mass is 314 g/mol. The number of rotatable bonds is 7. The Morgan fingerprint density at radius 1 is 1.37 bits per heavy atom. The van der Waals surface area contributed by atoms with Crippen molar-refractivity contribution in [2.24, 2.45) is 5.29 Å². The highest BCUT2D eigenvalue weighted by molar-refractivity contribution is 7.89. The lowest BCUT2D eigenvalue weighted by molar-refractivity contribution is 0.193. The zero-order valence-electron chi connectivity index (χ0n) is 11.4. The van der Waals surface area contributed by atoms with Gasteiger partial charge in [-0.2, -0.15) is 5.01 Å². The van der Waals surface area contributed by atoms with E-state index in [1.165, 1.54) is 27.9 Å². The van der Waals surface area contributed by atoms with Gasteiger partial charge in [-0.1, -0.05) is 0 Å². The predicted molar refractivity (Wildman–Crippen MR) is 73.3 cm³/mol. The van der Waals surface area contributed by atoms with Crippen LogP contribution in [0.5, 0.6) is 0 Å². The number of hydrogen-bond donors (Lipinski definition) is 1. The highest BCUT2D eigenvalue weighted by atomic mass is 35.5. The van der Waals surface area contributed by atoms with Crippen molar-refractivity contribution in [2.45, 2.75) is 19.4 Å². The van der Waals surface area contributed by atoms with Gasteiger partial charge in [0, 0.05) is 20.0 Å². The number of carbonyl (C=O) groups is 1. The second-order valence-electron chi connectivity index (χ2n) is 4.75. The fraction of sp³-hybridized carbons (Fsp3) is 0.889. The molecule has 0 aromatic carbocycles. The lowest BCUT2D eigenvalue weighted by Gasteiger charge is -2.28. The van der Waals surface area contributed by atoms with Crippen LogP contribution in [0.15, 0.2) is 5.29 Å². The zero-order valence-corrected chi connectivity index (χ0v) is 13.0. The van der Waals surface area contributed by atoms with Crippen molar-refractivity contribution in [3.8, 4) is 0 Å². The minimum atomic E-state index is -3.48. The molecule has 0 fully saturated rings. The Kier molecular flexibility index (Phi) is 6.67. The molecule has 0 heterocycles. The van der Waals surface area contributed by atoms with Crippen LogP contribution in [0.3, 0.4) is 0 Å². The van der Waals surface area contributed by atoms with E-state index in [2.05, 4.69) is 10.6 Å². The maximum Gasteiger partial charge on any atom is 0.340 e. The second kappa shape index (κ2) is 7.01. The first-order valence-corrected chi connectivity index (χ1v) is 7.59. The number of alkyl halides is 1. The molecule has 1 N–H and O–H groups in total. The molecule has 0 atom stereocenters. The number of sulfonamides is 1. The minimum Gasteiger partial charge on any atom is -0.330 e. The molecule has 0 aromatic heterocycles. The van der Waals surface area contributed by atoms with Gasteiger partial charge in [0.2, 0.25) is 10.0 Å². The van der Waals surface area contributed by atoms with E-state index in [-0.39, 0.29) is 18.2 Å². The van der Waals surface area contributed by atoms with Crippen LogP contribution < -0.4 is 5.32 Å². The summed E-state index contributed by atoms with van der Waals surface area (Å²) in [7, 11) is -0.675. The highest BCUT2D eigenvalue weighted by Crippen LogP contribution is 2.10. The van der Waals surface area contributed by atoms with Crippen LogP contribution in [-0.2, 0) is 10.0 Å². The number of carbonyl (C=O) groups excluding carboxylic acids is 1. The summed E-state index contributed by atoms with van der Waals surface area (Å²) in [6.45, 7) is 3.03. The molecule has 8 nitrogen and oxygen atoms in total. The quantitative estimate of drug-likeness (QED) is 0.422. The van der Waals surface area contributed by atoms with Gasteiger partial charge in [0.1, 0.15) is 0 Å². The molecule has 0 rings (SSSR count). The smallest absolute Gasteiger partial charge is 0.330 e. The summed E-state index contributed by atoms with van der Waals surface area (Å²) in [4.78, 5) is 22.1. The molecule has 0 aliphatic carbocycles. The molecule has 0 bridgehead atoms. The maximum atomic E-state index is 11.7. The van der Waals surface area contributed by atoms with Crippen LogP contribution in [0.4, 0.5) is 4.79 Å². The van der Waals surface area contributed by atoms with Gasteiger partial charge in [-0.3, -0.25) is 0 Å². The fourth-order valence-corrected chi connectivity index (χ4v) is 2.64. The Balaban J connectivity index is 4.77. The van der Waals surface area contributed by atoms with Crippen molar-refractivity contribution in [3.63, 3.8) is 0 Å². The molecule has 19 heavy (non-hydrogen) atoms. The lowest BCUT2D eigenvalue weighted by Crippen LogP contribution is -2.53. The van der Waals surface area contributed by atoms with Crippen molar-refractivity contribution >= 4 is 27.7 Å². The summed E-state index contributed by atoms with van der Waals surface area (Å²) in [5.74, 6) is -0.248. The van der Waals surface area contributed by atoms with Gasteiger partial charge < -0.3 is 5.32 Å². The molecule has 0 aliphatic heterocycles. The molecule has 2 amide bonds. The van der Waals surface area contributed by atoms with E-state index in [0.29, 0.717) is 5.01 Å². The standard InChI is InChI=1S/C9H19ClN4O4S/c1-9(2,7-19(17,18)13(3)4)11-8(15)14(12-16)6-5-10/h5-7H2,1-4H3,(H,11,15). The Hall–Kier alpha value is -0.930. The third-order valence-corrected chi connectivity index (χ3v) is 4.54. The largest absolute Gasteiger partial charge is 0.340 e. The molecule has 10 heteroatoms. The molecule has 0 aliphatic rings. The third kappa shape index (κ3) is 6.17. The van der Waals surface area contributed by atoms with Gasteiger partial charge in [0.25, 0.3) is 0 Å². The third-order valence-electron chi connectivity index (χ3n) is 2.17. The molecular formula is C9H19ClN4O4S. The zero-order chi connectivity index (χ0) is 15.3. The van der Waals surface area contributed by atoms with Gasteiger partial charge in [0.05, 0.1) is 23.1 Å². The van der Waals surface area contributed by atoms with E-state index in [1.54, 1.807) is 0 Å². The van der Waals surface area contributed by atoms with Crippen LogP contribution in [0.2, 0.25) is 0 Å². The van der Waals surface area contributed by atoms with E-state index < -0.39 is 21.6 Å². The van der Waals surface area contributed by atoms with E-state index in [4.69, 9.17) is 11.6 Å². The molecule has 0 saturated carbocycles. The molecular weight excluding hydrogens is 296 g/mol. The summed E-state index contributed by atoms with van der Waals surface area (Å²) in [6, 6.07) is -0.783. The summed E-state index contributed by atoms with van der Waals surface area (Å²) in [6.07, 6.45) is 0. The Bertz CT molecular complexity index is 424. The number of hydrogen-bond acceptors (Lipinski definition) is 5. The van der Waals surface area contributed by atoms with Crippen LogP contribution in [-0.4, -0.2) is 61.6 Å². The average molecular weight is 315 g/mol. The molecule has 0 spiro atoms. The first kappa shape index (κ1) is 18.1. The van der Waals surface area contributed by atoms with E-state index >= 15 is 0 Å².